The largest absolute Gasteiger partial charge is 0.295 e. The van der Waals surface area contributed by atoms with E-state index in [1.807, 2.05) is 12.1 Å². The van der Waals surface area contributed by atoms with Gasteiger partial charge in [0.05, 0.1) is 5.92 Å². The van der Waals surface area contributed by atoms with Crippen molar-refractivity contribution in [3.8, 4) is 0 Å². The Morgan fingerprint density at radius 1 is 1.11 bits per heavy atom. The molecule has 1 fully saturated rings. The molecule has 2 aliphatic rings. The molecular weight excluding hydrogens is 250 g/mol. The van der Waals surface area contributed by atoms with Gasteiger partial charge in [-0.3, -0.25) is 14.9 Å². The summed E-state index contributed by atoms with van der Waals surface area (Å²) in [6, 6.07) is 6.00. The van der Waals surface area contributed by atoms with Gasteiger partial charge in [-0.2, -0.15) is 0 Å². The maximum Gasteiger partial charge on any atom is 0.245 e. The lowest BCUT2D eigenvalue weighted by atomic mass is 9.83. The monoisotopic (exact) mass is 263 g/mol. The number of carbonyl (C=O) groups excluding carboxylic acids is 2. The molecule has 1 saturated heterocycles. The van der Waals surface area contributed by atoms with Crippen LogP contribution in [0.4, 0.5) is 0 Å². The number of fused-ring (bicyclic) bond motifs is 1. The van der Waals surface area contributed by atoms with Crippen LogP contribution in [0, 0.1) is 0 Å². The summed E-state index contributed by atoms with van der Waals surface area (Å²) < 4.78 is 0. The summed E-state index contributed by atoms with van der Waals surface area (Å²) in [7, 11) is 0. The molecule has 2 amide bonds. The summed E-state index contributed by atoms with van der Waals surface area (Å²) in [5, 5.41) is 1.54. The van der Waals surface area contributed by atoms with E-state index in [9.17, 15) is 9.59 Å². The smallest absolute Gasteiger partial charge is 0.245 e. The van der Waals surface area contributed by atoms with Gasteiger partial charge in [-0.1, -0.05) is 18.2 Å². The molecule has 1 aliphatic heterocycles. The van der Waals surface area contributed by atoms with Crippen molar-refractivity contribution in [1.82, 2.24) is 5.32 Å². The Hall–Kier alpha value is -1.35. The normalized spacial score (nSPS) is 26.9. The van der Waals surface area contributed by atoms with E-state index in [1.54, 1.807) is 0 Å². The van der Waals surface area contributed by atoms with E-state index >= 15 is 0 Å². The average Bonchev–Trinajstić information content (AvgIpc) is 2.63. The highest BCUT2D eigenvalue weighted by Gasteiger charge is 2.42. The molecule has 1 aromatic rings. The van der Waals surface area contributed by atoms with Crippen molar-refractivity contribution < 1.29 is 9.59 Å². The van der Waals surface area contributed by atoms with E-state index in [4.69, 9.17) is 11.6 Å². The predicted octanol–water partition coefficient (Wildman–Crippen LogP) is 1.91. The van der Waals surface area contributed by atoms with Crippen molar-refractivity contribution in [2.75, 3.05) is 0 Å². The second kappa shape index (κ2) is 4.39. The first kappa shape index (κ1) is 11.7. The van der Waals surface area contributed by atoms with Gasteiger partial charge in [-0.05, 0) is 42.4 Å². The molecule has 1 aromatic carbocycles. The third kappa shape index (κ3) is 1.74. The lowest BCUT2D eigenvalue weighted by molar-refractivity contribution is -0.125. The van der Waals surface area contributed by atoms with Gasteiger partial charge in [0.2, 0.25) is 11.8 Å². The molecule has 0 radical (unpaired) electrons. The van der Waals surface area contributed by atoms with E-state index < -0.39 is 11.3 Å². The summed E-state index contributed by atoms with van der Waals surface area (Å²) in [6.45, 7) is 0. The number of imide groups is 1. The average molecular weight is 264 g/mol. The van der Waals surface area contributed by atoms with Gasteiger partial charge in [0.1, 0.15) is 5.38 Å². The van der Waals surface area contributed by atoms with Gasteiger partial charge in [-0.15, -0.1) is 11.6 Å². The van der Waals surface area contributed by atoms with Crippen molar-refractivity contribution in [1.29, 1.82) is 0 Å². The highest BCUT2D eigenvalue weighted by Crippen LogP contribution is 2.35. The minimum atomic E-state index is -0.772. The van der Waals surface area contributed by atoms with Crippen LogP contribution >= 0.6 is 11.6 Å². The van der Waals surface area contributed by atoms with Crippen LogP contribution in [0.3, 0.4) is 0 Å². The maximum absolute atomic E-state index is 11.9. The van der Waals surface area contributed by atoms with Crippen molar-refractivity contribution in [2.45, 2.75) is 37.0 Å². The van der Waals surface area contributed by atoms with Crippen LogP contribution in [-0.4, -0.2) is 17.2 Å². The molecular formula is C14H14ClNO2. The summed E-state index contributed by atoms with van der Waals surface area (Å²) >= 11 is 6.07. The molecule has 3 rings (SSSR count). The second-order valence-electron chi connectivity index (χ2n) is 4.92. The van der Waals surface area contributed by atoms with Crippen LogP contribution in [0.5, 0.6) is 0 Å². The number of carbonyl (C=O) groups is 2. The molecule has 0 aromatic heterocycles. The van der Waals surface area contributed by atoms with Gasteiger partial charge in [-0.25, -0.2) is 0 Å². The lowest BCUT2D eigenvalue weighted by Crippen LogP contribution is -2.22. The Morgan fingerprint density at radius 3 is 2.61 bits per heavy atom. The molecule has 0 saturated carbocycles. The maximum atomic E-state index is 11.9. The molecule has 3 nitrogen and oxygen atoms in total. The molecule has 0 spiro atoms. The highest BCUT2D eigenvalue weighted by molar-refractivity contribution is 6.37. The van der Waals surface area contributed by atoms with E-state index in [1.165, 1.54) is 17.5 Å². The fourth-order valence-corrected chi connectivity index (χ4v) is 3.26. The lowest BCUT2D eigenvalue weighted by Gasteiger charge is -2.22. The predicted molar refractivity (Wildman–Crippen MR) is 68.6 cm³/mol. The zero-order valence-electron chi connectivity index (χ0n) is 9.91. The molecule has 2 atom stereocenters. The number of halogens is 1. The van der Waals surface area contributed by atoms with Crippen LogP contribution in [0.1, 0.15) is 35.4 Å². The van der Waals surface area contributed by atoms with Crippen molar-refractivity contribution in [3.63, 3.8) is 0 Å². The molecule has 1 aliphatic carbocycles. The van der Waals surface area contributed by atoms with E-state index in [-0.39, 0.29) is 11.8 Å². The molecule has 0 bridgehead atoms. The molecule has 94 valence electrons. The number of rotatable bonds is 1. The SMILES string of the molecule is O=C1NC(=O)C(c2cccc3c2CCCC3)C1Cl. The first-order valence-electron chi connectivity index (χ1n) is 6.28. The number of alkyl halides is 1. The van der Waals surface area contributed by atoms with Gasteiger partial charge in [0, 0.05) is 0 Å². The third-order valence-corrected chi connectivity index (χ3v) is 4.29. The Morgan fingerprint density at radius 2 is 1.89 bits per heavy atom. The molecule has 1 N–H and O–H groups in total. The number of hydrogen-bond donors (Lipinski definition) is 1. The zero-order valence-corrected chi connectivity index (χ0v) is 10.7. The van der Waals surface area contributed by atoms with Crippen LogP contribution in [0.25, 0.3) is 0 Å². The van der Waals surface area contributed by atoms with Crippen LogP contribution in [0.2, 0.25) is 0 Å². The van der Waals surface area contributed by atoms with Crippen LogP contribution in [-0.2, 0) is 22.4 Å². The standard InChI is InChI=1S/C14H14ClNO2/c15-12-11(13(17)16-14(12)18)10-7-3-5-8-4-1-2-6-9(8)10/h3,5,7,11-12H,1-2,4,6H2,(H,16,17,18). The van der Waals surface area contributed by atoms with Gasteiger partial charge < -0.3 is 0 Å². The van der Waals surface area contributed by atoms with E-state index in [2.05, 4.69) is 11.4 Å². The Bertz CT molecular complexity index is 527. The Kier molecular flexibility index (Phi) is 2.86. The summed E-state index contributed by atoms with van der Waals surface area (Å²) in [5.41, 5.74) is 3.47. The molecule has 1 heterocycles. The van der Waals surface area contributed by atoms with Crippen LogP contribution in [0.15, 0.2) is 18.2 Å². The fourth-order valence-electron chi connectivity index (χ4n) is 2.95. The Labute approximate surface area is 111 Å². The van der Waals surface area contributed by atoms with Crippen molar-refractivity contribution in [3.05, 3.63) is 34.9 Å². The second-order valence-corrected chi connectivity index (χ2v) is 5.40. The van der Waals surface area contributed by atoms with E-state index in [0.29, 0.717) is 0 Å². The van der Waals surface area contributed by atoms with Gasteiger partial charge in [0.15, 0.2) is 0 Å². The number of benzene rings is 1. The van der Waals surface area contributed by atoms with Crippen molar-refractivity contribution in [2.24, 2.45) is 0 Å². The Balaban J connectivity index is 2.07. The van der Waals surface area contributed by atoms with Gasteiger partial charge >= 0.3 is 0 Å². The minimum absolute atomic E-state index is 0.265. The first-order valence-corrected chi connectivity index (χ1v) is 6.71. The topological polar surface area (TPSA) is 46.2 Å². The highest BCUT2D eigenvalue weighted by atomic mass is 35.5. The molecule has 2 unspecified atom stereocenters. The summed E-state index contributed by atoms with van der Waals surface area (Å²) in [5.74, 6) is -1.16. The third-order valence-electron chi connectivity index (χ3n) is 3.84. The van der Waals surface area contributed by atoms with Crippen molar-refractivity contribution >= 4 is 23.4 Å². The molecule has 4 heteroatoms. The minimum Gasteiger partial charge on any atom is -0.295 e. The number of hydrogen-bond acceptors (Lipinski definition) is 2. The first-order chi connectivity index (χ1) is 8.68. The fraction of sp³-hybridized carbons (Fsp3) is 0.429. The molecule has 18 heavy (non-hydrogen) atoms. The van der Waals surface area contributed by atoms with Gasteiger partial charge in [0.25, 0.3) is 0 Å². The zero-order chi connectivity index (χ0) is 12.7. The summed E-state index contributed by atoms with van der Waals surface area (Å²) in [4.78, 5) is 23.3. The quantitative estimate of drug-likeness (QED) is 0.621. The summed E-state index contributed by atoms with van der Waals surface area (Å²) in [6.07, 6.45) is 4.36. The number of aryl methyl sites for hydroxylation is 1. The van der Waals surface area contributed by atoms with E-state index in [0.717, 1.165) is 24.8 Å². The van der Waals surface area contributed by atoms with Crippen LogP contribution < -0.4 is 5.32 Å². The number of amides is 2. The number of nitrogens with one attached hydrogen (secondary N) is 1.